The largest absolute Gasteiger partial charge is 0.385 e. The SMILES string of the molecule is COCCCn1c(C(=O)N2C[C@H](C)C[C@H](C)C2)cc2c(=O)n3cccc(C)c3nc21. The van der Waals surface area contributed by atoms with Crippen molar-refractivity contribution in [3.05, 3.63) is 46.0 Å². The summed E-state index contributed by atoms with van der Waals surface area (Å²) in [6.07, 6.45) is 3.60. The van der Waals surface area contributed by atoms with Crippen molar-refractivity contribution < 1.29 is 9.53 Å². The first-order valence-electron chi connectivity index (χ1n) is 10.7. The van der Waals surface area contributed by atoms with Gasteiger partial charge in [-0.25, -0.2) is 4.98 Å². The van der Waals surface area contributed by atoms with Gasteiger partial charge in [0, 0.05) is 39.5 Å². The molecule has 0 saturated carbocycles. The van der Waals surface area contributed by atoms with Gasteiger partial charge in [0.05, 0.1) is 5.39 Å². The van der Waals surface area contributed by atoms with E-state index in [4.69, 9.17) is 9.72 Å². The van der Waals surface area contributed by atoms with Crippen molar-refractivity contribution in [2.45, 2.75) is 40.2 Å². The van der Waals surface area contributed by atoms with E-state index >= 15 is 0 Å². The smallest absolute Gasteiger partial charge is 0.270 e. The summed E-state index contributed by atoms with van der Waals surface area (Å²) in [6, 6.07) is 5.52. The van der Waals surface area contributed by atoms with E-state index in [0.717, 1.165) is 31.5 Å². The second-order valence-corrected chi connectivity index (χ2v) is 8.72. The van der Waals surface area contributed by atoms with Gasteiger partial charge in [-0.3, -0.25) is 14.0 Å². The summed E-state index contributed by atoms with van der Waals surface area (Å²) in [4.78, 5) is 33.5. The maximum Gasteiger partial charge on any atom is 0.270 e. The third kappa shape index (κ3) is 3.62. The molecule has 3 aromatic rings. The Balaban J connectivity index is 1.87. The van der Waals surface area contributed by atoms with Crippen LogP contribution in [0.3, 0.4) is 0 Å². The van der Waals surface area contributed by atoms with Crippen LogP contribution in [0.5, 0.6) is 0 Å². The van der Waals surface area contributed by atoms with E-state index in [1.165, 1.54) is 0 Å². The molecule has 7 nitrogen and oxygen atoms in total. The monoisotopic (exact) mass is 410 g/mol. The molecule has 1 amide bonds. The van der Waals surface area contributed by atoms with E-state index in [1.54, 1.807) is 23.8 Å². The minimum absolute atomic E-state index is 0.0194. The van der Waals surface area contributed by atoms with Crippen molar-refractivity contribution in [2.75, 3.05) is 26.8 Å². The Morgan fingerprint density at radius 3 is 2.67 bits per heavy atom. The molecule has 1 fully saturated rings. The number of hydrogen-bond donors (Lipinski definition) is 0. The zero-order valence-corrected chi connectivity index (χ0v) is 18.2. The van der Waals surface area contributed by atoms with Gasteiger partial charge in [-0.15, -0.1) is 0 Å². The summed E-state index contributed by atoms with van der Waals surface area (Å²) >= 11 is 0. The molecule has 4 rings (SSSR count). The lowest BCUT2D eigenvalue weighted by atomic mass is 9.92. The van der Waals surface area contributed by atoms with Gasteiger partial charge in [0.15, 0.2) is 0 Å². The van der Waals surface area contributed by atoms with Gasteiger partial charge in [-0.2, -0.15) is 0 Å². The number of piperidine rings is 1. The molecule has 0 unspecified atom stereocenters. The van der Waals surface area contributed by atoms with Gasteiger partial charge in [-0.1, -0.05) is 19.9 Å². The lowest BCUT2D eigenvalue weighted by Gasteiger charge is -2.35. The molecule has 0 aromatic carbocycles. The van der Waals surface area contributed by atoms with Crippen molar-refractivity contribution in [1.82, 2.24) is 18.9 Å². The number of carbonyl (C=O) groups is 1. The van der Waals surface area contributed by atoms with Gasteiger partial charge in [0.1, 0.15) is 17.0 Å². The minimum Gasteiger partial charge on any atom is -0.385 e. The number of amides is 1. The highest BCUT2D eigenvalue weighted by atomic mass is 16.5. The van der Waals surface area contributed by atoms with E-state index in [-0.39, 0.29) is 11.5 Å². The number of pyridine rings is 1. The predicted octanol–water partition coefficient (Wildman–Crippen LogP) is 3.11. The third-order valence-corrected chi connectivity index (χ3v) is 6.00. The molecule has 2 atom stereocenters. The average molecular weight is 411 g/mol. The summed E-state index contributed by atoms with van der Waals surface area (Å²) in [6.45, 7) is 8.96. The summed E-state index contributed by atoms with van der Waals surface area (Å²) < 4.78 is 8.69. The summed E-state index contributed by atoms with van der Waals surface area (Å²) in [7, 11) is 1.66. The number of hydrogen-bond acceptors (Lipinski definition) is 4. The number of rotatable bonds is 5. The molecule has 4 heterocycles. The van der Waals surface area contributed by atoms with Crippen molar-refractivity contribution in [3.8, 4) is 0 Å². The molecule has 0 radical (unpaired) electrons. The second-order valence-electron chi connectivity index (χ2n) is 8.72. The standard InChI is InChI=1S/C23H30N4O3/c1-15-11-16(2)14-25(13-15)23(29)19-12-18-21(26(19)9-6-10-30-4)24-20-17(3)7-5-8-27(20)22(18)28/h5,7-8,12,15-16H,6,9-11,13-14H2,1-4H3/t15-,16+. The van der Waals surface area contributed by atoms with Crippen molar-refractivity contribution in [3.63, 3.8) is 0 Å². The van der Waals surface area contributed by atoms with E-state index < -0.39 is 0 Å². The average Bonchev–Trinajstić information content (AvgIpc) is 3.07. The van der Waals surface area contributed by atoms with E-state index in [2.05, 4.69) is 13.8 Å². The first-order valence-corrected chi connectivity index (χ1v) is 10.7. The van der Waals surface area contributed by atoms with Crippen LogP contribution in [0.2, 0.25) is 0 Å². The fourth-order valence-corrected chi connectivity index (χ4v) is 4.72. The number of nitrogens with zero attached hydrogens (tertiary/aromatic N) is 4. The fraction of sp³-hybridized carbons (Fsp3) is 0.522. The van der Waals surface area contributed by atoms with Gasteiger partial charge in [0.25, 0.3) is 11.5 Å². The number of fused-ring (bicyclic) bond motifs is 2. The molecule has 30 heavy (non-hydrogen) atoms. The molecule has 0 aliphatic carbocycles. The Morgan fingerprint density at radius 2 is 1.97 bits per heavy atom. The summed E-state index contributed by atoms with van der Waals surface area (Å²) in [5, 5.41) is 0.483. The van der Waals surface area contributed by atoms with Crippen LogP contribution in [0.4, 0.5) is 0 Å². The molecular weight excluding hydrogens is 380 g/mol. The van der Waals surface area contributed by atoms with Crippen LogP contribution in [0, 0.1) is 18.8 Å². The van der Waals surface area contributed by atoms with Crippen molar-refractivity contribution in [1.29, 1.82) is 0 Å². The summed E-state index contributed by atoms with van der Waals surface area (Å²) in [5.74, 6) is 0.921. The predicted molar refractivity (Wildman–Crippen MR) is 117 cm³/mol. The van der Waals surface area contributed by atoms with Gasteiger partial charge in [-0.05, 0) is 49.3 Å². The van der Waals surface area contributed by atoms with Crippen molar-refractivity contribution in [2.24, 2.45) is 11.8 Å². The van der Waals surface area contributed by atoms with Crippen LogP contribution in [-0.4, -0.2) is 51.6 Å². The minimum atomic E-state index is -0.140. The number of carbonyl (C=O) groups excluding carboxylic acids is 1. The quantitative estimate of drug-likeness (QED) is 0.606. The molecule has 1 aliphatic rings. The highest BCUT2D eigenvalue weighted by Crippen LogP contribution is 2.25. The second kappa shape index (κ2) is 8.22. The molecule has 160 valence electrons. The Bertz CT molecular complexity index is 1140. The Morgan fingerprint density at radius 1 is 1.23 bits per heavy atom. The Kier molecular flexibility index (Phi) is 5.64. The molecule has 0 bridgehead atoms. The number of likely N-dealkylation sites (tertiary alicyclic amines) is 1. The highest BCUT2D eigenvalue weighted by Gasteiger charge is 2.29. The van der Waals surface area contributed by atoms with E-state index in [0.29, 0.717) is 47.4 Å². The first-order chi connectivity index (χ1) is 14.4. The normalized spacial score (nSPS) is 19.7. The maximum absolute atomic E-state index is 13.5. The Labute approximate surface area is 176 Å². The molecule has 7 heteroatoms. The van der Waals surface area contributed by atoms with Crippen LogP contribution in [0.25, 0.3) is 16.7 Å². The fourth-order valence-electron chi connectivity index (χ4n) is 4.72. The van der Waals surface area contributed by atoms with Crippen LogP contribution in [-0.2, 0) is 11.3 Å². The molecule has 0 N–H and O–H groups in total. The van der Waals surface area contributed by atoms with Gasteiger partial charge < -0.3 is 14.2 Å². The van der Waals surface area contributed by atoms with Crippen molar-refractivity contribution >= 4 is 22.6 Å². The van der Waals surface area contributed by atoms with E-state index in [9.17, 15) is 9.59 Å². The molecule has 1 saturated heterocycles. The lowest BCUT2D eigenvalue weighted by Crippen LogP contribution is -2.43. The third-order valence-electron chi connectivity index (χ3n) is 6.00. The summed E-state index contributed by atoms with van der Waals surface area (Å²) in [5.41, 5.74) is 2.53. The van der Waals surface area contributed by atoms with E-state index in [1.807, 2.05) is 28.5 Å². The Hall–Kier alpha value is -2.67. The number of aromatic nitrogens is 3. The lowest BCUT2D eigenvalue weighted by molar-refractivity contribution is 0.0612. The molecule has 1 aliphatic heterocycles. The number of aryl methyl sites for hydroxylation is 2. The molecular formula is C23H30N4O3. The highest BCUT2D eigenvalue weighted by molar-refractivity contribution is 5.98. The zero-order valence-electron chi connectivity index (χ0n) is 18.2. The van der Waals surface area contributed by atoms with Crippen LogP contribution < -0.4 is 5.56 Å². The topological polar surface area (TPSA) is 68.8 Å². The molecule has 3 aromatic heterocycles. The van der Waals surface area contributed by atoms with Crippen LogP contribution >= 0.6 is 0 Å². The maximum atomic E-state index is 13.5. The van der Waals surface area contributed by atoms with Crippen LogP contribution in [0.15, 0.2) is 29.2 Å². The van der Waals surface area contributed by atoms with Gasteiger partial charge >= 0.3 is 0 Å². The van der Waals surface area contributed by atoms with Crippen LogP contribution in [0.1, 0.15) is 42.7 Å². The number of methoxy groups -OCH3 is 1. The number of ether oxygens (including phenoxy) is 1. The first kappa shape index (κ1) is 20.6. The van der Waals surface area contributed by atoms with Gasteiger partial charge in [0.2, 0.25) is 0 Å². The molecule has 0 spiro atoms. The zero-order chi connectivity index (χ0) is 21.4.